The largest absolute Gasteiger partial charge is 0.339 e. The Morgan fingerprint density at radius 3 is 2.21 bits per heavy atom. The molecule has 1 amide bonds. The summed E-state index contributed by atoms with van der Waals surface area (Å²) in [5.74, 6) is 0.0501. The van der Waals surface area contributed by atoms with E-state index in [2.05, 4.69) is 29.2 Å². The zero-order chi connectivity index (χ0) is 22.9. The van der Waals surface area contributed by atoms with Crippen molar-refractivity contribution in [1.82, 2.24) is 14.4 Å². The molecule has 168 valence electrons. The van der Waals surface area contributed by atoms with Crippen LogP contribution in [0.2, 0.25) is 10.0 Å². The maximum Gasteiger partial charge on any atom is 0.271 e. The van der Waals surface area contributed by atoms with E-state index in [-0.39, 0.29) is 5.91 Å². The maximum absolute atomic E-state index is 13.8. The van der Waals surface area contributed by atoms with E-state index in [9.17, 15) is 4.79 Å². The molecule has 0 unspecified atom stereocenters. The molecule has 0 aliphatic carbocycles. The SMILES string of the molecule is Cn1c(C(=O)N2CCN(Cc3ccccc3)CC2)c(-c2ccc(Cl)cc2)c2cc(Cl)ccc21. The molecular weight excluding hydrogens is 453 g/mol. The second-order valence-corrected chi connectivity index (χ2v) is 9.38. The molecule has 1 saturated heterocycles. The zero-order valence-corrected chi connectivity index (χ0v) is 20.0. The Labute approximate surface area is 203 Å². The van der Waals surface area contributed by atoms with Gasteiger partial charge in [-0.15, -0.1) is 0 Å². The summed E-state index contributed by atoms with van der Waals surface area (Å²) in [5, 5.41) is 2.29. The monoisotopic (exact) mass is 477 g/mol. The quantitative estimate of drug-likeness (QED) is 0.354. The number of aromatic nitrogens is 1. The third-order valence-electron chi connectivity index (χ3n) is 6.41. The van der Waals surface area contributed by atoms with Gasteiger partial charge >= 0.3 is 0 Å². The Kier molecular flexibility index (Phi) is 6.15. The summed E-state index contributed by atoms with van der Waals surface area (Å²) in [4.78, 5) is 18.2. The molecule has 3 aromatic carbocycles. The average molecular weight is 478 g/mol. The number of halogens is 2. The summed E-state index contributed by atoms with van der Waals surface area (Å²) in [5.41, 5.74) is 4.83. The van der Waals surface area contributed by atoms with Gasteiger partial charge in [0.1, 0.15) is 5.69 Å². The van der Waals surface area contributed by atoms with Crippen molar-refractivity contribution in [2.24, 2.45) is 7.05 Å². The molecule has 0 bridgehead atoms. The van der Waals surface area contributed by atoms with Gasteiger partial charge in [-0.1, -0.05) is 65.7 Å². The summed E-state index contributed by atoms with van der Waals surface area (Å²) in [6.45, 7) is 4.02. The number of rotatable bonds is 4. The van der Waals surface area contributed by atoms with Crippen LogP contribution in [0.3, 0.4) is 0 Å². The highest BCUT2D eigenvalue weighted by Crippen LogP contribution is 2.37. The molecule has 2 heterocycles. The van der Waals surface area contributed by atoms with Gasteiger partial charge in [-0.3, -0.25) is 9.69 Å². The Balaban J connectivity index is 1.46. The van der Waals surface area contributed by atoms with E-state index in [1.54, 1.807) is 0 Å². The van der Waals surface area contributed by atoms with E-state index < -0.39 is 0 Å². The van der Waals surface area contributed by atoms with Gasteiger partial charge in [-0.2, -0.15) is 0 Å². The molecule has 0 N–H and O–H groups in total. The van der Waals surface area contributed by atoms with Crippen molar-refractivity contribution in [2.75, 3.05) is 26.2 Å². The Morgan fingerprint density at radius 2 is 1.52 bits per heavy atom. The number of fused-ring (bicyclic) bond motifs is 1. The fourth-order valence-corrected chi connectivity index (χ4v) is 4.97. The van der Waals surface area contributed by atoms with Crippen molar-refractivity contribution in [3.8, 4) is 11.1 Å². The van der Waals surface area contributed by atoms with E-state index in [0.717, 1.165) is 41.7 Å². The number of hydrogen-bond acceptors (Lipinski definition) is 2. The van der Waals surface area contributed by atoms with Gasteiger partial charge in [0.15, 0.2) is 0 Å². The van der Waals surface area contributed by atoms with Crippen molar-refractivity contribution >= 4 is 40.0 Å². The summed E-state index contributed by atoms with van der Waals surface area (Å²) in [6.07, 6.45) is 0. The fourth-order valence-electron chi connectivity index (χ4n) is 4.68. The summed E-state index contributed by atoms with van der Waals surface area (Å²) < 4.78 is 1.99. The topological polar surface area (TPSA) is 28.5 Å². The Hall–Kier alpha value is -2.79. The molecule has 1 aliphatic rings. The average Bonchev–Trinajstić information content (AvgIpc) is 3.11. The standard InChI is InChI=1S/C27H25Cl2N3O/c1-30-24-12-11-22(29)17-23(24)25(20-7-9-21(28)10-8-20)26(30)27(33)32-15-13-31(14-16-32)18-19-5-3-2-4-6-19/h2-12,17H,13-16,18H2,1H3. The first-order chi connectivity index (χ1) is 16.0. The van der Waals surface area contributed by atoms with Crippen molar-refractivity contribution in [3.05, 3.63) is 94.1 Å². The molecule has 0 spiro atoms. The predicted molar refractivity (Wildman–Crippen MR) is 136 cm³/mol. The van der Waals surface area contributed by atoms with Crippen LogP contribution >= 0.6 is 23.2 Å². The number of carbonyl (C=O) groups is 1. The normalized spacial score (nSPS) is 14.7. The van der Waals surface area contributed by atoms with E-state index in [1.807, 2.05) is 65.0 Å². The number of amides is 1. The second kappa shape index (κ2) is 9.22. The first-order valence-electron chi connectivity index (χ1n) is 11.1. The first-order valence-corrected chi connectivity index (χ1v) is 11.9. The highest BCUT2D eigenvalue weighted by atomic mass is 35.5. The summed E-state index contributed by atoms with van der Waals surface area (Å²) >= 11 is 12.5. The van der Waals surface area contributed by atoms with Crippen LogP contribution in [0.15, 0.2) is 72.8 Å². The highest BCUT2D eigenvalue weighted by molar-refractivity contribution is 6.32. The molecule has 1 aliphatic heterocycles. The van der Waals surface area contributed by atoms with Gasteiger partial charge in [0, 0.05) is 66.3 Å². The van der Waals surface area contributed by atoms with Crippen LogP contribution in [0.25, 0.3) is 22.0 Å². The Bertz CT molecular complexity index is 1290. The lowest BCUT2D eigenvalue weighted by molar-refractivity contribution is 0.0620. The maximum atomic E-state index is 13.8. The van der Waals surface area contributed by atoms with Crippen LogP contribution in [0.4, 0.5) is 0 Å². The van der Waals surface area contributed by atoms with Gasteiger partial charge < -0.3 is 9.47 Å². The van der Waals surface area contributed by atoms with Crippen LogP contribution in [-0.2, 0) is 13.6 Å². The lowest BCUT2D eigenvalue weighted by atomic mass is 10.0. The molecule has 0 atom stereocenters. The minimum absolute atomic E-state index is 0.0501. The molecule has 33 heavy (non-hydrogen) atoms. The molecule has 1 aromatic heterocycles. The smallest absolute Gasteiger partial charge is 0.271 e. The van der Waals surface area contributed by atoms with Gasteiger partial charge in [-0.25, -0.2) is 0 Å². The molecular formula is C27H25Cl2N3O. The number of nitrogens with zero attached hydrogens (tertiary/aromatic N) is 3. The van der Waals surface area contributed by atoms with Gasteiger partial charge in [-0.05, 0) is 41.5 Å². The zero-order valence-electron chi connectivity index (χ0n) is 18.5. The van der Waals surface area contributed by atoms with Gasteiger partial charge in [0.25, 0.3) is 5.91 Å². The molecule has 0 radical (unpaired) electrons. The van der Waals surface area contributed by atoms with Crippen LogP contribution in [0.1, 0.15) is 16.1 Å². The summed E-state index contributed by atoms with van der Waals surface area (Å²) in [6, 6.07) is 23.9. The van der Waals surface area contributed by atoms with Crippen molar-refractivity contribution in [3.63, 3.8) is 0 Å². The van der Waals surface area contributed by atoms with Crippen LogP contribution in [0, 0.1) is 0 Å². The third kappa shape index (κ3) is 4.39. The van der Waals surface area contributed by atoms with E-state index in [4.69, 9.17) is 23.2 Å². The van der Waals surface area contributed by atoms with Crippen molar-refractivity contribution < 1.29 is 4.79 Å². The highest BCUT2D eigenvalue weighted by Gasteiger charge is 2.28. The number of carbonyl (C=O) groups excluding carboxylic acids is 1. The van der Waals surface area contributed by atoms with E-state index in [0.29, 0.717) is 28.8 Å². The van der Waals surface area contributed by atoms with E-state index >= 15 is 0 Å². The van der Waals surface area contributed by atoms with Crippen LogP contribution < -0.4 is 0 Å². The lowest BCUT2D eigenvalue weighted by Gasteiger charge is -2.35. The van der Waals surface area contributed by atoms with Crippen LogP contribution in [0.5, 0.6) is 0 Å². The van der Waals surface area contributed by atoms with Crippen LogP contribution in [-0.4, -0.2) is 46.5 Å². The Morgan fingerprint density at radius 1 is 0.848 bits per heavy atom. The van der Waals surface area contributed by atoms with E-state index in [1.165, 1.54) is 5.56 Å². The molecule has 6 heteroatoms. The van der Waals surface area contributed by atoms with Gasteiger partial charge in [0.05, 0.1) is 0 Å². The minimum atomic E-state index is 0.0501. The molecule has 0 saturated carbocycles. The third-order valence-corrected chi connectivity index (χ3v) is 6.89. The molecule has 4 nitrogen and oxygen atoms in total. The number of hydrogen-bond donors (Lipinski definition) is 0. The molecule has 4 aromatic rings. The number of piperazine rings is 1. The first kappa shape index (κ1) is 22.0. The molecule has 5 rings (SSSR count). The van der Waals surface area contributed by atoms with Crippen molar-refractivity contribution in [2.45, 2.75) is 6.54 Å². The molecule has 1 fully saturated rings. The second-order valence-electron chi connectivity index (χ2n) is 8.50. The number of benzene rings is 3. The van der Waals surface area contributed by atoms with Crippen molar-refractivity contribution in [1.29, 1.82) is 0 Å². The lowest BCUT2D eigenvalue weighted by Crippen LogP contribution is -2.48. The summed E-state index contributed by atoms with van der Waals surface area (Å²) in [7, 11) is 1.95. The van der Waals surface area contributed by atoms with Gasteiger partial charge in [0.2, 0.25) is 0 Å². The minimum Gasteiger partial charge on any atom is -0.339 e. The number of aryl methyl sites for hydroxylation is 1. The predicted octanol–water partition coefficient (Wildman–Crippen LogP) is 6.11. The fraction of sp³-hybridized carbons (Fsp3) is 0.222.